The van der Waals surface area contributed by atoms with Gasteiger partial charge in [0.05, 0.1) is 7.05 Å². The minimum Gasteiger partial charge on any atom is -0.369 e. The second-order valence-corrected chi connectivity index (χ2v) is 3.31. The highest BCUT2D eigenvalue weighted by molar-refractivity contribution is 5.46. The molecular formula is C11H13N2. The first kappa shape index (κ1) is 8.57. The molecule has 2 heteroatoms. The van der Waals surface area contributed by atoms with E-state index in [4.69, 9.17) is 7.05 Å². The summed E-state index contributed by atoms with van der Waals surface area (Å²) in [7, 11) is 7.43. The lowest BCUT2D eigenvalue weighted by molar-refractivity contribution is 0.344. The second-order valence-electron chi connectivity index (χ2n) is 3.31. The molecule has 2 nitrogen and oxygen atoms in total. The number of piperazine rings is 1. The molecule has 0 aromatic heterocycles. The van der Waals surface area contributed by atoms with Crippen molar-refractivity contribution < 1.29 is 0 Å². The number of rotatable bonds is 1. The van der Waals surface area contributed by atoms with E-state index in [9.17, 15) is 0 Å². The Morgan fingerprint density at radius 3 is 2.15 bits per heavy atom. The summed E-state index contributed by atoms with van der Waals surface area (Å²) in [5.74, 6) is 0. The van der Waals surface area contributed by atoms with Gasteiger partial charge < -0.3 is 4.90 Å². The van der Waals surface area contributed by atoms with E-state index in [-0.39, 0.29) is 0 Å². The molecule has 2 rings (SSSR count). The van der Waals surface area contributed by atoms with E-state index in [1.165, 1.54) is 5.69 Å². The molecule has 0 N–H and O–H groups in total. The van der Waals surface area contributed by atoms with Crippen molar-refractivity contribution in [3.63, 3.8) is 0 Å². The van der Waals surface area contributed by atoms with E-state index < -0.39 is 0 Å². The van der Waals surface area contributed by atoms with Crippen LogP contribution in [-0.4, -0.2) is 31.1 Å². The molecule has 0 spiro atoms. The van der Waals surface area contributed by atoms with E-state index in [0.29, 0.717) is 0 Å². The molecule has 0 bridgehead atoms. The van der Waals surface area contributed by atoms with Crippen LogP contribution in [0.25, 0.3) is 0 Å². The molecule has 0 amide bonds. The molecular weight excluding hydrogens is 160 g/mol. The van der Waals surface area contributed by atoms with Crippen LogP contribution in [0.15, 0.2) is 30.3 Å². The van der Waals surface area contributed by atoms with Gasteiger partial charge in [-0.1, -0.05) is 18.2 Å². The molecule has 67 valence electrons. The van der Waals surface area contributed by atoms with E-state index in [0.717, 1.165) is 26.2 Å². The zero-order chi connectivity index (χ0) is 9.10. The van der Waals surface area contributed by atoms with Gasteiger partial charge in [-0.05, 0) is 12.1 Å². The smallest absolute Gasteiger partial charge is 0.0884 e. The maximum atomic E-state index is 7.43. The van der Waals surface area contributed by atoms with Crippen LogP contribution in [0.2, 0.25) is 0 Å². The normalized spacial score (nSPS) is 19.0. The largest absolute Gasteiger partial charge is 0.369 e. The minimum absolute atomic E-state index is 0.842. The predicted molar refractivity (Wildman–Crippen MR) is 53.5 cm³/mol. The summed E-state index contributed by atoms with van der Waals surface area (Å²) in [6.07, 6.45) is 0. The summed E-state index contributed by atoms with van der Waals surface area (Å²) in [6, 6.07) is 10.4. The summed E-state index contributed by atoms with van der Waals surface area (Å²) in [4.78, 5) is 3.95. The summed E-state index contributed by atoms with van der Waals surface area (Å²) in [5.41, 5.74) is 1.27. The van der Waals surface area contributed by atoms with Crippen LogP contribution < -0.4 is 4.90 Å². The van der Waals surface area contributed by atoms with Crippen LogP contribution in [0.5, 0.6) is 0 Å². The SMILES string of the molecule is [C]N1CCN(c2ccccc2)CC1. The van der Waals surface area contributed by atoms with E-state index in [1.807, 2.05) is 6.07 Å². The van der Waals surface area contributed by atoms with Crippen LogP contribution in [0.4, 0.5) is 5.69 Å². The number of hydrogen-bond acceptors (Lipinski definition) is 2. The van der Waals surface area contributed by atoms with Crippen molar-refractivity contribution in [1.82, 2.24) is 4.90 Å². The number of benzene rings is 1. The van der Waals surface area contributed by atoms with Crippen LogP contribution in [0.3, 0.4) is 0 Å². The summed E-state index contributed by atoms with van der Waals surface area (Å²) in [6.45, 7) is 3.62. The Labute approximate surface area is 79.8 Å². The summed E-state index contributed by atoms with van der Waals surface area (Å²) < 4.78 is 0. The van der Waals surface area contributed by atoms with Gasteiger partial charge in [-0.2, -0.15) is 0 Å². The monoisotopic (exact) mass is 173 g/mol. The molecule has 1 aliphatic heterocycles. The van der Waals surface area contributed by atoms with Gasteiger partial charge in [-0.15, -0.1) is 0 Å². The third-order valence-corrected chi connectivity index (χ3v) is 2.40. The third-order valence-electron chi connectivity index (χ3n) is 2.40. The van der Waals surface area contributed by atoms with Gasteiger partial charge in [0.2, 0.25) is 0 Å². The standard InChI is InChI=1S/C11H13N2/c1-12-7-9-13(10-8-12)11-5-3-2-4-6-11/h2-6H,7-10H2. The van der Waals surface area contributed by atoms with Crippen LogP contribution in [-0.2, 0) is 0 Å². The zero-order valence-corrected chi connectivity index (χ0v) is 7.61. The molecule has 1 heterocycles. The van der Waals surface area contributed by atoms with Gasteiger partial charge in [-0.3, -0.25) is 4.90 Å². The van der Waals surface area contributed by atoms with Gasteiger partial charge in [-0.25, -0.2) is 0 Å². The average molecular weight is 173 g/mol. The van der Waals surface area contributed by atoms with Gasteiger partial charge in [0.1, 0.15) is 0 Å². The lowest BCUT2D eigenvalue weighted by Gasteiger charge is -2.33. The summed E-state index contributed by atoms with van der Waals surface area (Å²) >= 11 is 0. The Morgan fingerprint density at radius 2 is 1.54 bits per heavy atom. The fraction of sp³-hybridized carbons (Fsp3) is 0.364. The zero-order valence-electron chi connectivity index (χ0n) is 7.61. The quantitative estimate of drug-likeness (QED) is 0.632. The number of para-hydroxylation sites is 1. The molecule has 3 radical (unpaired) electrons. The molecule has 0 atom stereocenters. The lowest BCUT2D eigenvalue weighted by Crippen LogP contribution is -2.43. The molecule has 1 fully saturated rings. The molecule has 13 heavy (non-hydrogen) atoms. The number of nitrogens with zero attached hydrogens (tertiary/aromatic N) is 2. The Hall–Kier alpha value is -1.02. The van der Waals surface area contributed by atoms with Crippen molar-refractivity contribution in [1.29, 1.82) is 0 Å². The molecule has 1 saturated heterocycles. The lowest BCUT2D eigenvalue weighted by atomic mass is 10.2. The fourth-order valence-corrected chi connectivity index (χ4v) is 1.60. The summed E-state index contributed by atoms with van der Waals surface area (Å²) in [5, 5.41) is 0. The molecule has 1 aromatic rings. The average Bonchev–Trinajstić information content (AvgIpc) is 2.20. The van der Waals surface area contributed by atoms with Crippen LogP contribution in [0, 0.1) is 7.05 Å². The van der Waals surface area contributed by atoms with Crippen molar-refractivity contribution >= 4 is 5.69 Å². The number of anilines is 1. The Morgan fingerprint density at radius 1 is 0.923 bits per heavy atom. The maximum Gasteiger partial charge on any atom is 0.0884 e. The Bertz CT molecular complexity index is 250. The number of hydrogen-bond donors (Lipinski definition) is 0. The maximum absolute atomic E-state index is 7.43. The van der Waals surface area contributed by atoms with Crippen molar-refractivity contribution in [2.24, 2.45) is 0 Å². The van der Waals surface area contributed by atoms with E-state index in [1.54, 1.807) is 4.90 Å². The first-order valence-electron chi connectivity index (χ1n) is 4.62. The molecule has 0 aliphatic carbocycles. The highest BCUT2D eigenvalue weighted by atomic mass is 15.2. The van der Waals surface area contributed by atoms with E-state index >= 15 is 0 Å². The van der Waals surface area contributed by atoms with Crippen LogP contribution >= 0.6 is 0 Å². The highest BCUT2D eigenvalue weighted by Crippen LogP contribution is 2.14. The predicted octanol–water partition coefficient (Wildman–Crippen LogP) is 1.35. The van der Waals surface area contributed by atoms with Crippen molar-refractivity contribution in [2.45, 2.75) is 0 Å². The van der Waals surface area contributed by atoms with Gasteiger partial charge in [0, 0.05) is 31.9 Å². The molecule has 0 unspecified atom stereocenters. The Kier molecular flexibility index (Phi) is 2.50. The first-order valence-corrected chi connectivity index (χ1v) is 4.62. The van der Waals surface area contributed by atoms with E-state index in [2.05, 4.69) is 29.2 Å². The highest BCUT2D eigenvalue weighted by Gasteiger charge is 2.13. The van der Waals surface area contributed by atoms with Gasteiger partial charge in [0.15, 0.2) is 0 Å². The molecule has 0 saturated carbocycles. The fourth-order valence-electron chi connectivity index (χ4n) is 1.60. The second kappa shape index (κ2) is 3.79. The van der Waals surface area contributed by atoms with Gasteiger partial charge >= 0.3 is 0 Å². The molecule has 1 aromatic carbocycles. The topological polar surface area (TPSA) is 6.48 Å². The molecule has 1 aliphatic rings. The Balaban J connectivity index is 2.03. The van der Waals surface area contributed by atoms with Crippen molar-refractivity contribution in [2.75, 3.05) is 31.1 Å². The van der Waals surface area contributed by atoms with Gasteiger partial charge in [0.25, 0.3) is 0 Å². The minimum atomic E-state index is 0.842. The third kappa shape index (κ3) is 2.01. The van der Waals surface area contributed by atoms with Crippen LogP contribution in [0.1, 0.15) is 0 Å². The van der Waals surface area contributed by atoms with Crippen molar-refractivity contribution in [3.8, 4) is 0 Å². The first-order chi connectivity index (χ1) is 6.36. The van der Waals surface area contributed by atoms with Crippen molar-refractivity contribution in [3.05, 3.63) is 37.4 Å².